The summed E-state index contributed by atoms with van der Waals surface area (Å²) in [4.78, 5) is 40.8. The molecule has 0 aliphatic rings. The molecule has 0 unspecified atom stereocenters. The molecule has 2 aromatic heterocycles. The average molecular weight is 529 g/mol. The Hall–Kier alpha value is -4.03. The van der Waals surface area contributed by atoms with Crippen molar-refractivity contribution in [2.24, 2.45) is 0 Å². The molecule has 0 radical (unpaired) electrons. The van der Waals surface area contributed by atoms with E-state index in [9.17, 15) is 14.4 Å². The first-order valence-corrected chi connectivity index (χ1v) is 11.9. The normalized spacial score (nSPS) is 10.8. The molecule has 0 aliphatic carbocycles. The summed E-state index contributed by atoms with van der Waals surface area (Å²) in [5.74, 6) is 1.25. The van der Waals surface area contributed by atoms with Gasteiger partial charge in [0.1, 0.15) is 17.3 Å². The first kappa shape index (κ1) is 25.1. The summed E-state index contributed by atoms with van der Waals surface area (Å²) in [5, 5.41) is 12.3. The number of amides is 1. The Morgan fingerprint density at radius 3 is 2.53 bits per heavy atom. The Morgan fingerprint density at radius 1 is 1.06 bits per heavy atom. The lowest BCUT2D eigenvalue weighted by molar-refractivity contribution is -0.113. The average Bonchev–Trinajstić information content (AvgIpc) is 3.24. The number of H-pyrrole nitrogens is 2. The quantitative estimate of drug-likeness (QED) is 0.281. The molecular weight excluding hydrogens is 508 g/mol. The van der Waals surface area contributed by atoms with Crippen LogP contribution < -0.4 is 26.0 Å². The monoisotopic (exact) mass is 528 g/mol. The molecule has 2 aromatic carbocycles. The lowest BCUT2D eigenvalue weighted by Gasteiger charge is -2.12. The SMILES string of the molecule is COc1ccc(OC)c(NC(=O)CSc2nnc(Cc3cc(=O)[nH]c(=O)[nH]3)n2-c2ccc(Cl)cc2)c1. The minimum atomic E-state index is -0.616. The van der Waals surface area contributed by atoms with E-state index in [1.54, 1.807) is 47.0 Å². The van der Waals surface area contributed by atoms with Crippen molar-refractivity contribution in [3.63, 3.8) is 0 Å². The van der Waals surface area contributed by atoms with Crippen LogP contribution in [0.4, 0.5) is 5.69 Å². The van der Waals surface area contributed by atoms with Gasteiger partial charge in [0.05, 0.1) is 25.7 Å². The van der Waals surface area contributed by atoms with Gasteiger partial charge in [-0.1, -0.05) is 23.4 Å². The summed E-state index contributed by atoms with van der Waals surface area (Å²) >= 11 is 7.21. The van der Waals surface area contributed by atoms with Gasteiger partial charge >= 0.3 is 5.69 Å². The maximum absolute atomic E-state index is 12.7. The minimum Gasteiger partial charge on any atom is -0.497 e. The van der Waals surface area contributed by atoms with Crippen molar-refractivity contribution in [3.05, 3.63) is 85.9 Å². The third-order valence-electron chi connectivity index (χ3n) is 4.96. The van der Waals surface area contributed by atoms with Gasteiger partial charge in [-0.2, -0.15) is 0 Å². The molecule has 4 aromatic rings. The number of rotatable bonds is 9. The van der Waals surface area contributed by atoms with Crippen LogP contribution in [0.2, 0.25) is 5.02 Å². The van der Waals surface area contributed by atoms with Crippen molar-refractivity contribution in [3.8, 4) is 17.2 Å². The van der Waals surface area contributed by atoms with Crippen LogP contribution in [0.1, 0.15) is 11.5 Å². The lowest BCUT2D eigenvalue weighted by Crippen LogP contribution is -2.23. The number of aromatic nitrogens is 5. The molecule has 0 atom stereocenters. The molecule has 2 heterocycles. The van der Waals surface area contributed by atoms with Crippen molar-refractivity contribution < 1.29 is 14.3 Å². The minimum absolute atomic E-state index is 0.0218. The third kappa shape index (κ3) is 5.96. The summed E-state index contributed by atoms with van der Waals surface area (Å²) in [7, 11) is 3.04. The highest BCUT2D eigenvalue weighted by Gasteiger charge is 2.18. The number of nitrogens with zero attached hydrogens (tertiary/aromatic N) is 3. The number of benzene rings is 2. The summed E-state index contributed by atoms with van der Waals surface area (Å²) in [6, 6.07) is 13.4. The van der Waals surface area contributed by atoms with E-state index in [-0.39, 0.29) is 18.1 Å². The highest BCUT2D eigenvalue weighted by Crippen LogP contribution is 2.30. The highest BCUT2D eigenvalue weighted by atomic mass is 35.5. The summed E-state index contributed by atoms with van der Waals surface area (Å²) in [5.41, 5.74) is 0.398. The summed E-state index contributed by atoms with van der Waals surface area (Å²) < 4.78 is 12.3. The molecule has 0 saturated heterocycles. The van der Waals surface area contributed by atoms with Gasteiger partial charge < -0.3 is 19.8 Å². The van der Waals surface area contributed by atoms with Gasteiger partial charge in [0.15, 0.2) is 5.16 Å². The molecule has 4 rings (SSSR count). The van der Waals surface area contributed by atoms with Gasteiger partial charge in [-0.05, 0) is 36.4 Å². The fourth-order valence-corrected chi connectivity index (χ4v) is 4.27. The van der Waals surface area contributed by atoms with Gasteiger partial charge in [-0.25, -0.2) is 4.79 Å². The predicted octanol–water partition coefficient (Wildman–Crippen LogP) is 2.64. The Kier molecular flexibility index (Phi) is 7.76. The Balaban J connectivity index is 1.58. The number of halogens is 1. The molecule has 0 saturated carbocycles. The van der Waals surface area contributed by atoms with Crippen LogP contribution in [0.15, 0.2) is 63.3 Å². The molecule has 0 aliphatic heterocycles. The lowest BCUT2D eigenvalue weighted by atomic mass is 10.2. The number of anilines is 1. The number of aromatic amines is 2. The van der Waals surface area contributed by atoms with Crippen LogP contribution in [0.3, 0.4) is 0 Å². The van der Waals surface area contributed by atoms with E-state index in [4.69, 9.17) is 21.1 Å². The zero-order valence-electron chi connectivity index (χ0n) is 19.2. The molecule has 0 fully saturated rings. The van der Waals surface area contributed by atoms with Gasteiger partial charge in [-0.3, -0.25) is 19.1 Å². The van der Waals surface area contributed by atoms with Crippen molar-refractivity contribution >= 4 is 35.0 Å². The molecule has 1 amide bonds. The number of carbonyl (C=O) groups excluding carboxylic acids is 1. The number of hydrogen-bond donors (Lipinski definition) is 3. The first-order valence-electron chi connectivity index (χ1n) is 10.5. The van der Waals surface area contributed by atoms with Crippen LogP contribution in [0.25, 0.3) is 5.69 Å². The van der Waals surface area contributed by atoms with Gasteiger partial charge in [0, 0.05) is 35.0 Å². The van der Waals surface area contributed by atoms with Gasteiger partial charge in [0.2, 0.25) is 5.91 Å². The second-order valence-corrected chi connectivity index (χ2v) is 8.78. The standard InChI is InChI=1S/C23H21ClN6O5S/c1-34-16-7-8-18(35-2)17(11-16)26-21(32)12-36-23-29-28-19(9-14-10-20(31)27-22(33)25-14)30(23)15-5-3-13(24)4-6-15/h3-8,10-11H,9,12H2,1-2H3,(H,26,32)(H2,25,27,31,33). The van der Waals surface area contributed by atoms with E-state index >= 15 is 0 Å². The summed E-state index contributed by atoms with van der Waals surface area (Å²) in [6.07, 6.45) is 0.128. The van der Waals surface area contributed by atoms with Gasteiger partial charge in [-0.15, -0.1) is 10.2 Å². The fourth-order valence-electron chi connectivity index (χ4n) is 3.37. The molecule has 36 heavy (non-hydrogen) atoms. The Bertz CT molecular complexity index is 1470. The first-order chi connectivity index (χ1) is 17.4. The fraction of sp³-hybridized carbons (Fsp3) is 0.174. The van der Waals surface area contributed by atoms with Crippen LogP contribution in [-0.4, -0.2) is 50.6 Å². The van der Waals surface area contributed by atoms with Crippen LogP contribution in [0.5, 0.6) is 11.5 Å². The molecule has 13 heteroatoms. The predicted molar refractivity (Wildman–Crippen MR) is 136 cm³/mol. The third-order valence-corrected chi connectivity index (χ3v) is 6.14. The molecule has 0 bridgehead atoms. The van der Waals surface area contributed by atoms with Crippen LogP contribution in [0, 0.1) is 0 Å². The second-order valence-electron chi connectivity index (χ2n) is 7.40. The topological polar surface area (TPSA) is 144 Å². The van der Waals surface area contributed by atoms with Crippen molar-refractivity contribution in [1.29, 1.82) is 0 Å². The smallest absolute Gasteiger partial charge is 0.325 e. The number of carbonyl (C=O) groups is 1. The van der Waals surface area contributed by atoms with E-state index in [0.717, 1.165) is 0 Å². The number of hydrogen-bond acceptors (Lipinski definition) is 8. The van der Waals surface area contributed by atoms with E-state index in [1.165, 1.54) is 32.0 Å². The Morgan fingerprint density at radius 2 is 1.83 bits per heavy atom. The van der Waals surface area contributed by atoms with Crippen molar-refractivity contribution in [2.45, 2.75) is 11.6 Å². The zero-order chi connectivity index (χ0) is 25.7. The molecule has 0 spiro atoms. The van der Waals surface area contributed by atoms with E-state index in [1.807, 2.05) is 0 Å². The molecule has 186 valence electrons. The molecule has 11 nitrogen and oxygen atoms in total. The molecule has 3 N–H and O–H groups in total. The van der Waals surface area contributed by atoms with Crippen molar-refractivity contribution in [2.75, 3.05) is 25.3 Å². The van der Waals surface area contributed by atoms with Crippen molar-refractivity contribution in [1.82, 2.24) is 24.7 Å². The van der Waals surface area contributed by atoms with E-state index in [0.29, 0.717) is 44.6 Å². The number of methoxy groups -OCH3 is 2. The van der Waals surface area contributed by atoms with E-state index < -0.39 is 11.2 Å². The summed E-state index contributed by atoms with van der Waals surface area (Å²) in [6.45, 7) is 0. The maximum atomic E-state index is 12.7. The largest absolute Gasteiger partial charge is 0.497 e. The maximum Gasteiger partial charge on any atom is 0.325 e. The molecular formula is C23H21ClN6O5S. The van der Waals surface area contributed by atoms with Gasteiger partial charge in [0.25, 0.3) is 5.56 Å². The number of ether oxygens (including phenoxy) is 2. The van der Waals surface area contributed by atoms with E-state index in [2.05, 4.69) is 25.5 Å². The van der Waals surface area contributed by atoms with Crippen LogP contribution >= 0.6 is 23.4 Å². The second kappa shape index (κ2) is 11.1. The zero-order valence-corrected chi connectivity index (χ0v) is 20.8. The van der Waals surface area contributed by atoms with Crippen LogP contribution in [-0.2, 0) is 11.2 Å². The number of nitrogens with one attached hydrogen (secondary N) is 3. The number of thioether (sulfide) groups is 1. The highest BCUT2D eigenvalue weighted by molar-refractivity contribution is 7.99. The Labute approximate surface area is 213 Å².